The van der Waals surface area contributed by atoms with E-state index in [-0.39, 0.29) is 27.8 Å². The molecule has 0 radical (unpaired) electrons. The van der Waals surface area contributed by atoms with Crippen LogP contribution in [0.25, 0.3) is 0 Å². The highest BCUT2D eigenvalue weighted by Crippen LogP contribution is 2.65. The minimum Gasteiger partial charge on any atom is -0.324 e. The molecular formula is C25H32N2O2. The number of rotatable bonds is 1. The number of hydrogen-bond donors (Lipinski definition) is 1. The van der Waals surface area contributed by atoms with Crippen molar-refractivity contribution < 1.29 is 4.79 Å². The fourth-order valence-electron chi connectivity index (χ4n) is 7.67. The third kappa shape index (κ3) is 2.32. The van der Waals surface area contributed by atoms with Gasteiger partial charge in [0.15, 0.2) is 5.70 Å². The van der Waals surface area contributed by atoms with E-state index in [0.29, 0.717) is 11.8 Å². The molecule has 0 amide bonds. The second-order valence-electron chi connectivity index (χ2n) is 10.6. The molecule has 0 aliphatic heterocycles. The predicted octanol–water partition coefficient (Wildman–Crippen LogP) is 5.51. The molecule has 5 rings (SSSR count). The molecule has 154 valence electrons. The lowest BCUT2D eigenvalue weighted by molar-refractivity contribution is -0.111. The monoisotopic (exact) mass is 392 g/mol. The van der Waals surface area contributed by atoms with E-state index in [1.807, 2.05) is 6.92 Å². The Morgan fingerprint density at radius 1 is 1.07 bits per heavy atom. The van der Waals surface area contributed by atoms with E-state index in [4.69, 9.17) is 5.73 Å². The molecule has 29 heavy (non-hydrogen) atoms. The van der Waals surface area contributed by atoms with Crippen molar-refractivity contribution in [1.82, 2.24) is 0 Å². The molecule has 4 nitrogen and oxygen atoms in total. The van der Waals surface area contributed by atoms with Gasteiger partial charge >= 0.3 is 0 Å². The smallest absolute Gasteiger partial charge is 0.208 e. The topological polar surface area (TPSA) is 72.5 Å². The Morgan fingerprint density at radius 3 is 2.59 bits per heavy atom. The van der Waals surface area contributed by atoms with Crippen LogP contribution in [-0.2, 0) is 4.79 Å². The van der Waals surface area contributed by atoms with Gasteiger partial charge in [0.05, 0.1) is 0 Å². The van der Waals surface area contributed by atoms with Crippen LogP contribution >= 0.6 is 0 Å². The zero-order valence-corrected chi connectivity index (χ0v) is 17.9. The van der Waals surface area contributed by atoms with Crippen LogP contribution in [0.4, 0.5) is 0 Å². The van der Waals surface area contributed by atoms with Crippen LogP contribution < -0.4 is 5.73 Å². The SMILES string of the molecule is CC1=C(N=O)C(=O)C=C2C1=CC=C1[C@H]3CC[C@@]4(C)CCCC[C@@]4(N)C3CC[C@@]21C. The first-order valence-corrected chi connectivity index (χ1v) is 11.3. The van der Waals surface area contributed by atoms with E-state index in [9.17, 15) is 9.70 Å². The highest BCUT2D eigenvalue weighted by Gasteiger charge is 2.60. The van der Waals surface area contributed by atoms with Gasteiger partial charge in [0.1, 0.15) is 0 Å². The molecule has 3 saturated carbocycles. The van der Waals surface area contributed by atoms with Crippen molar-refractivity contribution in [3.63, 3.8) is 0 Å². The third-order valence-electron chi connectivity index (χ3n) is 9.51. The van der Waals surface area contributed by atoms with Gasteiger partial charge in [-0.3, -0.25) is 4.79 Å². The fourth-order valence-corrected chi connectivity index (χ4v) is 7.67. The maximum atomic E-state index is 12.6. The lowest BCUT2D eigenvalue weighted by atomic mass is 9.43. The van der Waals surface area contributed by atoms with Gasteiger partial charge in [-0.15, -0.1) is 4.91 Å². The number of ketones is 1. The molecule has 0 aromatic heterocycles. The number of nitrogens with zero attached hydrogens (tertiary/aromatic N) is 1. The van der Waals surface area contributed by atoms with E-state index < -0.39 is 0 Å². The molecule has 0 heterocycles. The molecule has 1 unspecified atom stereocenters. The van der Waals surface area contributed by atoms with E-state index in [2.05, 4.69) is 31.2 Å². The van der Waals surface area contributed by atoms with Crippen LogP contribution in [0, 0.1) is 27.6 Å². The lowest BCUT2D eigenvalue weighted by Crippen LogP contribution is -2.66. The third-order valence-corrected chi connectivity index (χ3v) is 9.51. The van der Waals surface area contributed by atoms with Crippen LogP contribution in [0.5, 0.6) is 0 Å². The van der Waals surface area contributed by atoms with Crippen molar-refractivity contribution in [1.29, 1.82) is 0 Å². The molecule has 5 aliphatic carbocycles. The van der Waals surface area contributed by atoms with Crippen molar-refractivity contribution in [2.75, 3.05) is 0 Å². The molecule has 5 atom stereocenters. The summed E-state index contributed by atoms with van der Waals surface area (Å²) >= 11 is 0. The zero-order valence-electron chi connectivity index (χ0n) is 17.9. The highest BCUT2D eigenvalue weighted by atomic mass is 16.3. The van der Waals surface area contributed by atoms with Gasteiger partial charge in [-0.25, -0.2) is 0 Å². The Kier molecular flexibility index (Phi) is 4.03. The molecule has 0 aromatic rings. The molecule has 0 aromatic carbocycles. The number of allylic oxidation sites excluding steroid dienone is 7. The Hall–Kier alpha value is -1.81. The average Bonchev–Trinajstić information content (AvgIpc) is 2.68. The summed E-state index contributed by atoms with van der Waals surface area (Å²) in [6.07, 6.45) is 15.6. The predicted molar refractivity (Wildman–Crippen MR) is 115 cm³/mol. The van der Waals surface area contributed by atoms with Crippen molar-refractivity contribution in [2.45, 2.75) is 77.7 Å². The van der Waals surface area contributed by atoms with Gasteiger partial charge in [-0.2, -0.15) is 0 Å². The van der Waals surface area contributed by atoms with Crippen molar-refractivity contribution >= 4 is 5.78 Å². The molecule has 5 aliphatic rings. The number of fused-ring (bicyclic) bond motifs is 7. The normalized spacial score (nSPS) is 43.9. The molecular weight excluding hydrogens is 360 g/mol. The van der Waals surface area contributed by atoms with Crippen molar-refractivity contribution in [3.8, 4) is 0 Å². The van der Waals surface area contributed by atoms with Crippen LogP contribution in [0.1, 0.15) is 72.1 Å². The van der Waals surface area contributed by atoms with E-state index >= 15 is 0 Å². The van der Waals surface area contributed by atoms with E-state index in [1.54, 1.807) is 6.08 Å². The average molecular weight is 393 g/mol. The first-order chi connectivity index (χ1) is 13.7. The van der Waals surface area contributed by atoms with Gasteiger partial charge in [0.2, 0.25) is 5.78 Å². The van der Waals surface area contributed by atoms with E-state index in [1.165, 1.54) is 37.7 Å². The number of carbonyl (C=O) groups excluding carboxylic acids is 1. The van der Waals surface area contributed by atoms with Crippen molar-refractivity contribution in [3.05, 3.63) is 51.1 Å². The Labute approximate surface area is 173 Å². The number of hydrogen-bond acceptors (Lipinski definition) is 4. The molecule has 0 saturated heterocycles. The summed E-state index contributed by atoms with van der Waals surface area (Å²) in [5, 5.41) is 3.01. The van der Waals surface area contributed by atoms with E-state index in [0.717, 1.165) is 36.0 Å². The zero-order chi connectivity index (χ0) is 20.6. The van der Waals surface area contributed by atoms with Gasteiger partial charge in [0.25, 0.3) is 0 Å². The molecule has 2 N–H and O–H groups in total. The molecule has 3 fully saturated rings. The summed E-state index contributed by atoms with van der Waals surface area (Å²) in [5.41, 5.74) is 11.7. The number of nitrogens with two attached hydrogens (primary N) is 1. The van der Waals surface area contributed by atoms with Crippen LogP contribution in [0.15, 0.2) is 51.4 Å². The lowest BCUT2D eigenvalue weighted by Gasteiger charge is -2.63. The summed E-state index contributed by atoms with van der Waals surface area (Å²) < 4.78 is 0. The maximum Gasteiger partial charge on any atom is 0.208 e. The van der Waals surface area contributed by atoms with Crippen LogP contribution in [0.3, 0.4) is 0 Å². The second kappa shape index (κ2) is 6.10. The minimum atomic E-state index is -0.243. The summed E-state index contributed by atoms with van der Waals surface area (Å²) in [6.45, 7) is 6.59. The number of nitroso groups, excluding NO2 is 1. The Bertz CT molecular complexity index is 938. The highest BCUT2D eigenvalue weighted by molar-refractivity contribution is 6.08. The standard InChI is InChI=1S/C25H32N2O2/c1-15-16-6-7-18-17-8-12-23(2)10-4-5-11-25(23,26)19(17)9-13-24(18,3)20(16)14-21(28)22(15)27-29/h6-7,14,17,19H,4-5,8-13,26H2,1-3H3/t17-,19?,23-,24-,25-/m1/s1. The Balaban J connectivity index is 1.60. The first kappa shape index (κ1) is 19.2. The Morgan fingerprint density at radius 2 is 1.83 bits per heavy atom. The van der Waals surface area contributed by atoms with Gasteiger partial charge in [-0.05, 0) is 90.7 Å². The fraction of sp³-hybridized carbons (Fsp3) is 0.640. The van der Waals surface area contributed by atoms with Crippen molar-refractivity contribution in [2.24, 2.45) is 33.6 Å². The summed E-state index contributed by atoms with van der Waals surface area (Å²) in [5.74, 6) is 0.779. The quantitative estimate of drug-likeness (QED) is 0.598. The van der Waals surface area contributed by atoms with Gasteiger partial charge in [-0.1, -0.05) is 44.4 Å². The maximum absolute atomic E-state index is 12.6. The summed E-state index contributed by atoms with van der Waals surface area (Å²) in [4.78, 5) is 23.8. The summed E-state index contributed by atoms with van der Waals surface area (Å²) in [7, 11) is 0. The van der Waals surface area contributed by atoms with Crippen LogP contribution in [-0.4, -0.2) is 11.3 Å². The molecule has 4 heteroatoms. The minimum absolute atomic E-state index is 0.0608. The summed E-state index contributed by atoms with van der Waals surface area (Å²) in [6, 6.07) is 0. The van der Waals surface area contributed by atoms with Gasteiger partial charge < -0.3 is 5.73 Å². The first-order valence-electron chi connectivity index (χ1n) is 11.3. The molecule has 0 spiro atoms. The second-order valence-corrected chi connectivity index (χ2v) is 10.6. The molecule has 0 bridgehead atoms. The number of carbonyl (C=O) groups is 1. The largest absolute Gasteiger partial charge is 0.324 e. The van der Waals surface area contributed by atoms with Gasteiger partial charge in [0, 0.05) is 11.0 Å². The van der Waals surface area contributed by atoms with Crippen LogP contribution in [0.2, 0.25) is 0 Å².